The molecule has 0 unspecified atom stereocenters. The number of aldehydes is 1. The monoisotopic (exact) mass is 283 g/mol. The third-order valence-electron chi connectivity index (χ3n) is 3.17. The van der Waals surface area contributed by atoms with Gasteiger partial charge in [-0.2, -0.15) is 0 Å². The van der Waals surface area contributed by atoms with E-state index in [9.17, 15) is 9.59 Å². The summed E-state index contributed by atoms with van der Waals surface area (Å²) in [5.41, 5.74) is 1.66. The van der Waals surface area contributed by atoms with E-state index in [1.54, 1.807) is 48.7 Å². The van der Waals surface area contributed by atoms with Gasteiger partial charge >= 0.3 is 0 Å². The van der Waals surface area contributed by atoms with Gasteiger partial charge in [0.2, 0.25) is 0 Å². The molecule has 0 radical (unpaired) electrons. The van der Waals surface area contributed by atoms with Gasteiger partial charge in [-0.05, 0) is 24.3 Å². The SMILES string of the molecule is O=Cc1cn(C(=O)c2ccccc2)c2cc(Cl)ccc12. The molecule has 0 fully saturated rings. The standard InChI is InChI=1S/C16H10ClNO2/c17-13-6-7-14-12(10-19)9-18(15(14)8-13)16(20)11-4-2-1-3-5-11/h1-10H. The molecule has 0 spiro atoms. The Morgan fingerprint density at radius 3 is 2.55 bits per heavy atom. The fraction of sp³-hybridized carbons (Fsp3) is 0. The number of halogens is 1. The Kier molecular flexibility index (Phi) is 3.12. The van der Waals surface area contributed by atoms with E-state index in [-0.39, 0.29) is 5.91 Å². The van der Waals surface area contributed by atoms with Crippen molar-refractivity contribution in [3.63, 3.8) is 0 Å². The molecule has 0 N–H and O–H groups in total. The molecule has 3 nitrogen and oxygen atoms in total. The van der Waals surface area contributed by atoms with Crippen molar-refractivity contribution in [3.8, 4) is 0 Å². The molecule has 0 saturated heterocycles. The number of carbonyl (C=O) groups is 2. The summed E-state index contributed by atoms with van der Waals surface area (Å²) in [5.74, 6) is -0.189. The summed E-state index contributed by atoms with van der Waals surface area (Å²) in [6.07, 6.45) is 2.29. The zero-order chi connectivity index (χ0) is 14.1. The topological polar surface area (TPSA) is 39.1 Å². The van der Waals surface area contributed by atoms with E-state index in [0.29, 0.717) is 27.1 Å². The van der Waals surface area contributed by atoms with Gasteiger partial charge in [-0.15, -0.1) is 0 Å². The Morgan fingerprint density at radius 2 is 1.85 bits per heavy atom. The molecule has 1 heterocycles. The number of carbonyl (C=O) groups excluding carboxylic acids is 2. The summed E-state index contributed by atoms with van der Waals surface area (Å²) < 4.78 is 1.46. The molecule has 0 amide bonds. The van der Waals surface area contributed by atoms with Gasteiger partial charge in [-0.1, -0.05) is 35.9 Å². The predicted octanol–water partition coefficient (Wildman–Crippen LogP) is 3.80. The van der Waals surface area contributed by atoms with Gasteiger partial charge in [-0.25, -0.2) is 0 Å². The molecule has 3 rings (SSSR count). The molecule has 3 aromatic rings. The van der Waals surface area contributed by atoms with Crippen molar-refractivity contribution in [2.45, 2.75) is 0 Å². The lowest BCUT2D eigenvalue weighted by molar-refractivity contribution is 0.0965. The van der Waals surface area contributed by atoms with Crippen molar-refractivity contribution in [1.82, 2.24) is 4.57 Å². The van der Waals surface area contributed by atoms with E-state index in [1.165, 1.54) is 4.57 Å². The molecule has 1 aromatic heterocycles. The molecule has 0 atom stereocenters. The molecule has 0 aliphatic heterocycles. The van der Waals surface area contributed by atoms with Crippen molar-refractivity contribution in [3.05, 3.63) is 70.9 Å². The number of aromatic nitrogens is 1. The van der Waals surface area contributed by atoms with Crippen LogP contribution in [0.1, 0.15) is 20.7 Å². The minimum absolute atomic E-state index is 0.189. The number of hydrogen-bond donors (Lipinski definition) is 0. The van der Waals surface area contributed by atoms with Crippen LogP contribution in [0.25, 0.3) is 10.9 Å². The number of nitrogens with zero attached hydrogens (tertiary/aromatic N) is 1. The second kappa shape index (κ2) is 4.94. The first-order valence-electron chi connectivity index (χ1n) is 6.06. The van der Waals surface area contributed by atoms with Crippen LogP contribution in [-0.2, 0) is 0 Å². The van der Waals surface area contributed by atoms with Crippen LogP contribution in [0.2, 0.25) is 5.02 Å². The molecule has 0 aliphatic rings. The van der Waals surface area contributed by atoms with E-state index in [0.717, 1.165) is 6.29 Å². The van der Waals surface area contributed by atoms with Gasteiger partial charge in [0.15, 0.2) is 6.29 Å². The molecular formula is C16H10ClNO2. The third-order valence-corrected chi connectivity index (χ3v) is 3.40. The first-order chi connectivity index (χ1) is 9.70. The zero-order valence-corrected chi connectivity index (χ0v) is 11.2. The second-order valence-corrected chi connectivity index (χ2v) is 4.84. The summed E-state index contributed by atoms with van der Waals surface area (Å²) in [7, 11) is 0. The van der Waals surface area contributed by atoms with Crippen LogP contribution in [0.15, 0.2) is 54.7 Å². The van der Waals surface area contributed by atoms with Gasteiger partial charge in [-0.3, -0.25) is 14.2 Å². The van der Waals surface area contributed by atoms with E-state index >= 15 is 0 Å². The largest absolute Gasteiger partial charge is 0.298 e. The fourth-order valence-corrected chi connectivity index (χ4v) is 2.37. The molecule has 20 heavy (non-hydrogen) atoms. The van der Waals surface area contributed by atoms with Crippen LogP contribution in [0, 0.1) is 0 Å². The quantitative estimate of drug-likeness (QED) is 0.671. The van der Waals surface area contributed by atoms with Crippen LogP contribution in [0.5, 0.6) is 0 Å². The van der Waals surface area contributed by atoms with Crippen molar-refractivity contribution in [2.24, 2.45) is 0 Å². The van der Waals surface area contributed by atoms with Gasteiger partial charge in [0.25, 0.3) is 5.91 Å². The Morgan fingerprint density at radius 1 is 1.10 bits per heavy atom. The van der Waals surface area contributed by atoms with Crippen molar-refractivity contribution < 1.29 is 9.59 Å². The Hall–Kier alpha value is -2.39. The van der Waals surface area contributed by atoms with Crippen molar-refractivity contribution in [1.29, 1.82) is 0 Å². The average molecular weight is 284 g/mol. The number of fused-ring (bicyclic) bond motifs is 1. The number of rotatable bonds is 2. The highest BCUT2D eigenvalue weighted by Gasteiger charge is 2.15. The van der Waals surface area contributed by atoms with E-state index in [4.69, 9.17) is 11.6 Å². The Bertz CT molecular complexity index is 806. The lowest BCUT2D eigenvalue weighted by atomic mass is 10.2. The predicted molar refractivity (Wildman–Crippen MR) is 78.5 cm³/mol. The molecule has 98 valence electrons. The van der Waals surface area contributed by atoms with E-state index in [2.05, 4.69) is 0 Å². The summed E-state index contributed by atoms with van der Waals surface area (Å²) in [4.78, 5) is 23.6. The van der Waals surface area contributed by atoms with Gasteiger partial charge < -0.3 is 0 Å². The average Bonchev–Trinajstić information content (AvgIpc) is 2.85. The highest BCUT2D eigenvalue weighted by atomic mass is 35.5. The molecule has 0 bridgehead atoms. The van der Waals surface area contributed by atoms with E-state index in [1.807, 2.05) is 6.07 Å². The second-order valence-electron chi connectivity index (χ2n) is 4.40. The summed E-state index contributed by atoms with van der Waals surface area (Å²) in [5, 5.41) is 1.24. The smallest absolute Gasteiger partial charge is 0.262 e. The molecule has 4 heteroatoms. The van der Waals surface area contributed by atoms with Crippen LogP contribution in [-0.4, -0.2) is 16.8 Å². The highest BCUT2D eigenvalue weighted by Crippen LogP contribution is 2.24. The summed E-state index contributed by atoms with van der Waals surface area (Å²) >= 11 is 5.98. The maximum atomic E-state index is 12.5. The number of hydrogen-bond acceptors (Lipinski definition) is 2. The molecular weight excluding hydrogens is 274 g/mol. The normalized spacial score (nSPS) is 10.7. The third kappa shape index (κ3) is 2.02. The first-order valence-corrected chi connectivity index (χ1v) is 6.44. The minimum atomic E-state index is -0.189. The molecule has 2 aromatic carbocycles. The van der Waals surface area contributed by atoms with E-state index < -0.39 is 0 Å². The van der Waals surface area contributed by atoms with Crippen LogP contribution < -0.4 is 0 Å². The van der Waals surface area contributed by atoms with Crippen LogP contribution in [0.4, 0.5) is 0 Å². The lowest BCUT2D eigenvalue weighted by Crippen LogP contribution is -2.10. The fourth-order valence-electron chi connectivity index (χ4n) is 2.21. The molecule has 0 saturated carbocycles. The first kappa shape index (κ1) is 12.6. The zero-order valence-electron chi connectivity index (χ0n) is 10.4. The van der Waals surface area contributed by atoms with Crippen molar-refractivity contribution >= 4 is 34.7 Å². The Balaban J connectivity index is 2.23. The summed E-state index contributed by atoms with van der Waals surface area (Å²) in [6.45, 7) is 0. The maximum Gasteiger partial charge on any atom is 0.262 e. The minimum Gasteiger partial charge on any atom is -0.298 e. The van der Waals surface area contributed by atoms with Crippen LogP contribution in [0.3, 0.4) is 0 Å². The number of benzene rings is 2. The highest BCUT2D eigenvalue weighted by molar-refractivity contribution is 6.31. The van der Waals surface area contributed by atoms with Gasteiger partial charge in [0.05, 0.1) is 5.52 Å². The van der Waals surface area contributed by atoms with Gasteiger partial charge in [0, 0.05) is 27.7 Å². The summed E-state index contributed by atoms with van der Waals surface area (Å²) in [6, 6.07) is 14.0. The maximum absolute atomic E-state index is 12.5. The lowest BCUT2D eigenvalue weighted by Gasteiger charge is -2.04. The Labute approximate surface area is 120 Å². The van der Waals surface area contributed by atoms with Crippen LogP contribution >= 0.6 is 11.6 Å². The van der Waals surface area contributed by atoms with Gasteiger partial charge in [0.1, 0.15) is 0 Å². The molecule has 0 aliphatic carbocycles. The van der Waals surface area contributed by atoms with Crippen molar-refractivity contribution in [2.75, 3.05) is 0 Å².